The lowest BCUT2D eigenvalue weighted by Crippen LogP contribution is -2.48. The van der Waals surface area contributed by atoms with Crippen LogP contribution in [0.25, 0.3) is 0 Å². The number of anilines is 1. The van der Waals surface area contributed by atoms with Crippen molar-refractivity contribution in [2.24, 2.45) is 18.0 Å². The van der Waals surface area contributed by atoms with E-state index in [1.54, 1.807) is 17.7 Å². The van der Waals surface area contributed by atoms with E-state index in [9.17, 15) is 14.4 Å². The first-order valence-corrected chi connectivity index (χ1v) is 11.0. The lowest BCUT2D eigenvalue weighted by molar-refractivity contribution is -0.114. The van der Waals surface area contributed by atoms with E-state index in [-0.39, 0.29) is 28.9 Å². The molecule has 32 heavy (non-hydrogen) atoms. The van der Waals surface area contributed by atoms with Crippen LogP contribution in [0.1, 0.15) is 23.7 Å². The zero-order chi connectivity index (χ0) is 22.8. The Hall–Kier alpha value is -3.26. The molecule has 2 amide bonds. The maximum atomic E-state index is 12.5. The van der Waals surface area contributed by atoms with Gasteiger partial charge in [0.25, 0.3) is 17.4 Å². The number of dihydropyridines is 1. The first kappa shape index (κ1) is 22.0. The molecule has 3 aliphatic rings. The topological polar surface area (TPSA) is 87.0 Å². The summed E-state index contributed by atoms with van der Waals surface area (Å²) in [6.45, 7) is 6.05. The zero-order valence-electron chi connectivity index (χ0n) is 18.8. The maximum absolute atomic E-state index is 12.5. The van der Waals surface area contributed by atoms with Gasteiger partial charge in [0.15, 0.2) is 0 Å². The van der Waals surface area contributed by atoms with Gasteiger partial charge in [-0.2, -0.15) is 0 Å². The highest BCUT2D eigenvalue weighted by Crippen LogP contribution is 2.24. The van der Waals surface area contributed by atoms with E-state index in [1.807, 2.05) is 25.1 Å². The number of nitrogens with zero attached hydrogens (tertiary/aromatic N) is 4. The number of carbonyl (C=O) groups is 2. The van der Waals surface area contributed by atoms with E-state index >= 15 is 0 Å². The summed E-state index contributed by atoms with van der Waals surface area (Å²) in [6, 6.07) is 3.44. The second-order valence-corrected chi connectivity index (χ2v) is 8.30. The lowest BCUT2D eigenvalue weighted by atomic mass is 9.89. The number of pyridine rings is 1. The van der Waals surface area contributed by atoms with Gasteiger partial charge >= 0.3 is 0 Å². The first-order valence-electron chi connectivity index (χ1n) is 11.0. The summed E-state index contributed by atoms with van der Waals surface area (Å²) in [6.07, 6.45) is 9.03. The largest absolute Gasteiger partial charge is 0.355 e. The number of aromatic nitrogens is 1. The van der Waals surface area contributed by atoms with Crippen molar-refractivity contribution in [3.05, 3.63) is 63.5 Å². The number of piperazine rings is 1. The van der Waals surface area contributed by atoms with E-state index in [2.05, 4.69) is 32.3 Å². The van der Waals surface area contributed by atoms with Gasteiger partial charge in [-0.05, 0) is 30.2 Å². The highest BCUT2D eigenvalue weighted by atomic mass is 16.2. The van der Waals surface area contributed by atoms with Gasteiger partial charge in [0.1, 0.15) is 11.4 Å². The molecule has 1 aromatic heterocycles. The number of hydrogen-bond acceptors (Lipinski definition) is 5. The molecular formula is C24H29N5O3. The third kappa shape index (κ3) is 4.23. The summed E-state index contributed by atoms with van der Waals surface area (Å²) in [5, 5.41) is 2.50. The Balaban J connectivity index is 1.39. The Morgan fingerprint density at radius 1 is 1.19 bits per heavy atom. The van der Waals surface area contributed by atoms with Gasteiger partial charge in [-0.1, -0.05) is 25.2 Å². The molecule has 1 fully saturated rings. The van der Waals surface area contributed by atoms with Crippen molar-refractivity contribution in [1.82, 2.24) is 14.8 Å². The average Bonchev–Trinajstić information content (AvgIpc) is 2.80. The van der Waals surface area contributed by atoms with Crippen molar-refractivity contribution < 1.29 is 9.59 Å². The van der Waals surface area contributed by atoms with Crippen molar-refractivity contribution in [2.75, 3.05) is 44.7 Å². The molecule has 0 aromatic carbocycles. The second kappa shape index (κ2) is 9.08. The average molecular weight is 436 g/mol. The molecule has 1 aromatic rings. The van der Waals surface area contributed by atoms with Gasteiger partial charge in [-0.3, -0.25) is 23.9 Å². The molecule has 1 N–H and O–H groups in total. The molecule has 1 saturated heterocycles. The smallest absolute Gasteiger partial charge is 0.272 e. The fraction of sp³-hybridized carbons (Fsp3) is 0.417. The predicted octanol–water partition coefficient (Wildman–Crippen LogP) is 1.30. The molecular weight excluding hydrogens is 406 g/mol. The van der Waals surface area contributed by atoms with Gasteiger partial charge in [0.05, 0.1) is 5.71 Å². The standard InChI is InChI=1S/C24H29N5O3/c1-4-17-14-18-6-5-16(13-20(18)26-22(17)30)15-28-9-11-29(12-10-28)21-8-7-19(23(31)25-2)24(32)27(21)3/h5-8,13-14,18H,4,9-12,15H2,1-3H3,(H,25,31). The van der Waals surface area contributed by atoms with Gasteiger partial charge in [-0.25, -0.2) is 4.99 Å². The van der Waals surface area contributed by atoms with Crippen LogP contribution in [0.5, 0.6) is 0 Å². The molecule has 0 saturated carbocycles. The highest BCUT2D eigenvalue weighted by molar-refractivity contribution is 6.13. The molecule has 3 heterocycles. The predicted molar refractivity (Wildman–Crippen MR) is 125 cm³/mol. The summed E-state index contributed by atoms with van der Waals surface area (Å²) in [7, 11) is 3.22. The third-order valence-electron chi connectivity index (χ3n) is 6.31. The minimum Gasteiger partial charge on any atom is -0.355 e. The summed E-state index contributed by atoms with van der Waals surface area (Å²) in [5.74, 6) is 0.424. The second-order valence-electron chi connectivity index (χ2n) is 8.30. The monoisotopic (exact) mass is 435 g/mol. The number of fused-ring (bicyclic) bond motifs is 1. The van der Waals surface area contributed by atoms with Crippen molar-refractivity contribution in [3.63, 3.8) is 0 Å². The third-order valence-corrected chi connectivity index (χ3v) is 6.31. The zero-order valence-corrected chi connectivity index (χ0v) is 18.8. The van der Waals surface area contributed by atoms with Crippen molar-refractivity contribution in [1.29, 1.82) is 0 Å². The van der Waals surface area contributed by atoms with Crippen molar-refractivity contribution in [2.45, 2.75) is 13.3 Å². The van der Waals surface area contributed by atoms with Crippen LogP contribution in [0.15, 0.2) is 57.4 Å². The minimum atomic E-state index is -0.372. The van der Waals surface area contributed by atoms with E-state index in [4.69, 9.17) is 0 Å². The number of hydrogen-bond donors (Lipinski definition) is 1. The summed E-state index contributed by atoms with van der Waals surface area (Å²) in [4.78, 5) is 45.3. The normalized spacial score (nSPS) is 21.0. The van der Waals surface area contributed by atoms with Crippen LogP contribution in [-0.4, -0.2) is 66.8 Å². The van der Waals surface area contributed by atoms with Crippen LogP contribution in [0.2, 0.25) is 0 Å². The Morgan fingerprint density at radius 2 is 1.94 bits per heavy atom. The molecule has 8 nitrogen and oxygen atoms in total. The Labute approximate surface area is 187 Å². The number of nitrogens with one attached hydrogen (secondary N) is 1. The Morgan fingerprint density at radius 3 is 2.62 bits per heavy atom. The highest BCUT2D eigenvalue weighted by Gasteiger charge is 2.25. The van der Waals surface area contributed by atoms with E-state index in [1.165, 1.54) is 7.05 Å². The van der Waals surface area contributed by atoms with E-state index < -0.39 is 0 Å². The Kier molecular flexibility index (Phi) is 6.23. The molecule has 4 rings (SSSR count). The molecule has 1 aliphatic carbocycles. The first-order chi connectivity index (χ1) is 15.4. The molecule has 2 aliphatic heterocycles. The SMILES string of the molecule is CCC1=CC2C=CC(CN3CCN(c4ccc(C(=O)NC)c(=O)n4C)CC3)=CC2=NC1=O. The van der Waals surface area contributed by atoms with Crippen LogP contribution < -0.4 is 15.8 Å². The van der Waals surface area contributed by atoms with Gasteiger partial charge in [0.2, 0.25) is 0 Å². The van der Waals surface area contributed by atoms with Crippen molar-refractivity contribution in [3.8, 4) is 0 Å². The maximum Gasteiger partial charge on any atom is 0.272 e. The Bertz CT molecular complexity index is 1120. The van der Waals surface area contributed by atoms with Crippen LogP contribution in [0.3, 0.4) is 0 Å². The number of rotatable bonds is 5. The van der Waals surface area contributed by atoms with E-state index in [0.29, 0.717) is 6.42 Å². The number of allylic oxidation sites excluding steroid dienone is 3. The van der Waals surface area contributed by atoms with Crippen LogP contribution >= 0.6 is 0 Å². The minimum absolute atomic E-state index is 0.0993. The van der Waals surface area contributed by atoms with Crippen LogP contribution in [0.4, 0.5) is 5.82 Å². The van der Waals surface area contributed by atoms with Crippen molar-refractivity contribution >= 4 is 23.3 Å². The van der Waals surface area contributed by atoms with E-state index in [0.717, 1.165) is 55.4 Å². The molecule has 0 radical (unpaired) electrons. The number of amides is 2. The molecule has 1 atom stereocenters. The number of aliphatic imine (C=N–C) groups is 1. The fourth-order valence-electron chi connectivity index (χ4n) is 4.40. The molecule has 0 spiro atoms. The fourth-order valence-corrected chi connectivity index (χ4v) is 4.40. The lowest BCUT2D eigenvalue weighted by Gasteiger charge is -2.37. The van der Waals surface area contributed by atoms with Gasteiger partial charge in [-0.15, -0.1) is 0 Å². The van der Waals surface area contributed by atoms with Crippen LogP contribution in [0, 0.1) is 5.92 Å². The molecule has 168 valence electrons. The summed E-state index contributed by atoms with van der Waals surface area (Å²) < 4.78 is 1.54. The summed E-state index contributed by atoms with van der Waals surface area (Å²) in [5.41, 5.74) is 2.62. The quantitative estimate of drug-likeness (QED) is 0.753. The number of carbonyl (C=O) groups excluding carboxylic acids is 2. The van der Waals surface area contributed by atoms with Crippen LogP contribution in [-0.2, 0) is 11.8 Å². The van der Waals surface area contributed by atoms with Gasteiger partial charge < -0.3 is 10.2 Å². The van der Waals surface area contributed by atoms with Gasteiger partial charge in [0, 0.05) is 58.3 Å². The summed E-state index contributed by atoms with van der Waals surface area (Å²) >= 11 is 0. The molecule has 0 bridgehead atoms. The molecule has 1 unspecified atom stereocenters. The molecule has 8 heteroatoms.